The number of pyridine rings is 1. The molecule has 40 heavy (non-hydrogen) atoms. The van der Waals surface area contributed by atoms with Gasteiger partial charge in [0.25, 0.3) is 0 Å². The van der Waals surface area contributed by atoms with Gasteiger partial charge in [-0.3, -0.25) is 14.7 Å². The van der Waals surface area contributed by atoms with Crippen LogP contribution in [0.3, 0.4) is 0 Å². The van der Waals surface area contributed by atoms with Gasteiger partial charge in [-0.2, -0.15) is 0 Å². The Morgan fingerprint density at radius 3 is 2.75 bits per heavy atom. The van der Waals surface area contributed by atoms with E-state index < -0.39 is 0 Å². The normalized spacial score (nSPS) is 16.4. The van der Waals surface area contributed by atoms with Crippen molar-refractivity contribution >= 4 is 28.8 Å². The Balaban J connectivity index is 1.35. The van der Waals surface area contributed by atoms with Crippen LogP contribution < -0.4 is 16.0 Å². The maximum absolute atomic E-state index is 13.5. The molecule has 1 saturated heterocycles. The first-order valence-corrected chi connectivity index (χ1v) is 13.7. The van der Waals surface area contributed by atoms with Crippen molar-refractivity contribution in [2.75, 3.05) is 64.6 Å². The zero-order chi connectivity index (χ0) is 28.1. The predicted octanol–water partition coefficient (Wildman–Crippen LogP) is 2.83. The molecule has 1 amide bonds. The van der Waals surface area contributed by atoms with Crippen LogP contribution in [0.2, 0.25) is 0 Å². The van der Waals surface area contributed by atoms with Crippen LogP contribution in [0.15, 0.2) is 48.8 Å². The molecule has 1 aromatic carbocycles. The second-order valence-electron chi connectivity index (χ2n) is 10.4. The first-order valence-electron chi connectivity index (χ1n) is 13.7. The van der Waals surface area contributed by atoms with Crippen molar-refractivity contribution in [3.63, 3.8) is 0 Å². The first kappa shape index (κ1) is 27.9. The SMILES string of the molecule is CNCc1cc(Nc2ncc(C)c(C3=CCc4c(NC(=O)[C@@H](COC)N5CCN(C)CC5)cccc43)n2)ccn1. The number of carbonyl (C=O) groups is 1. The number of carbonyl (C=O) groups excluding carboxylic acids is 1. The number of likely N-dealkylation sites (N-methyl/N-ethyl adjacent to an activating group) is 1. The molecular formula is C30H38N8O2. The number of methoxy groups -OCH3 is 1. The number of rotatable bonds is 10. The topological polar surface area (TPSA) is 108 Å². The highest BCUT2D eigenvalue weighted by Gasteiger charge is 2.30. The van der Waals surface area contributed by atoms with Crippen molar-refractivity contribution in [3.8, 4) is 0 Å². The highest BCUT2D eigenvalue weighted by molar-refractivity contribution is 5.97. The van der Waals surface area contributed by atoms with Gasteiger partial charge in [-0.05, 0) is 62.3 Å². The maximum Gasteiger partial charge on any atom is 0.244 e. The third-order valence-corrected chi connectivity index (χ3v) is 7.50. The quantitative estimate of drug-likeness (QED) is 0.356. The molecular weight excluding hydrogens is 504 g/mol. The molecule has 2 aliphatic rings. The van der Waals surface area contributed by atoms with Gasteiger partial charge in [0, 0.05) is 69.2 Å². The Bertz CT molecular complexity index is 1380. The summed E-state index contributed by atoms with van der Waals surface area (Å²) < 4.78 is 5.44. The van der Waals surface area contributed by atoms with E-state index in [2.05, 4.69) is 54.9 Å². The molecule has 210 valence electrons. The molecule has 10 heteroatoms. The summed E-state index contributed by atoms with van der Waals surface area (Å²) in [6.07, 6.45) is 6.52. The zero-order valence-electron chi connectivity index (χ0n) is 23.7. The number of hydrogen-bond acceptors (Lipinski definition) is 9. The van der Waals surface area contributed by atoms with Crippen LogP contribution in [0, 0.1) is 6.92 Å². The fraction of sp³-hybridized carbons (Fsp3) is 0.400. The Morgan fingerprint density at radius 1 is 1.15 bits per heavy atom. The second-order valence-corrected chi connectivity index (χ2v) is 10.4. The molecule has 0 spiro atoms. The Hall–Kier alpha value is -3.70. The molecule has 1 atom stereocenters. The van der Waals surface area contributed by atoms with Crippen LogP contribution in [0.4, 0.5) is 17.3 Å². The lowest BCUT2D eigenvalue weighted by Gasteiger charge is -2.36. The minimum atomic E-state index is -0.331. The van der Waals surface area contributed by atoms with Gasteiger partial charge in [0.2, 0.25) is 11.9 Å². The molecule has 0 radical (unpaired) electrons. The van der Waals surface area contributed by atoms with Crippen molar-refractivity contribution in [1.29, 1.82) is 0 Å². The van der Waals surface area contributed by atoms with Crippen molar-refractivity contribution in [1.82, 2.24) is 30.1 Å². The van der Waals surface area contributed by atoms with Crippen LogP contribution in [0.5, 0.6) is 0 Å². The second kappa shape index (κ2) is 12.6. The molecule has 1 aliphatic heterocycles. The Labute approximate surface area is 235 Å². The summed E-state index contributed by atoms with van der Waals surface area (Å²) in [6.45, 7) is 6.63. The van der Waals surface area contributed by atoms with Gasteiger partial charge >= 0.3 is 0 Å². The molecule has 0 bridgehead atoms. The number of anilines is 3. The summed E-state index contributed by atoms with van der Waals surface area (Å²) in [7, 11) is 5.65. The summed E-state index contributed by atoms with van der Waals surface area (Å²) in [5.74, 6) is 0.489. The van der Waals surface area contributed by atoms with Crippen LogP contribution in [0.25, 0.3) is 5.57 Å². The number of nitrogens with zero attached hydrogens (tertiary/aromatic N) is 5. The largest absolute Gasteiger partial charge is 0.383 e. The van der Waals surface area contributed by atoms with Crippen LogP contribution in [0.1, 0.15) is 28.1 Å². The number of hydrogen-bond donors (Lipinski definition) is 3. The fourth-order valence-electron chi connectivity index (χ4n) is 5.31. The van der Waals surface area contributed by atoms with Gasteiger partial charge in [0.1, 0.15) is 6.04 Å². The number of amides is 1. The van der Waals surface area contributed by atoms with E-state index in [1.54, 1.807) is 13.3 Å². The number of piperazine rings is 1. The molecule has 3 aromatic rings. The lowest BCUT2D eigenvalue weighted by atomic mass is 9.99. The average Bonchev–Trinajstić information content (AvgIpc) is 3.39. The molecule has 1 fully saturated rings. The van der Waals surface area contributed by atoms with E-state index in [9.17, 15) is 4.79 Å². The van der Waals surface area contributed by atoms with Crippen LogP contribution >= 0.6 is 0 Å². The van der Waals surface area contributed by atoms with Crippen LogP contribution in [-0.2, 0) is 22.5 Å². The van der Waals surface area contributed by atoms with E-state index in [0.717, 1.165) is 71.2 Å². The molecule has 3 heterocycles. The number of ether oxygens (including phenoxy) is 1. The number of allylic oxidation sites excluding steroid dienone is 1. The number of aryl methyl sites for hydroxylation is 1. The third kappa shape index (κ3) is 6.20. The maximum atomic E-state index is 13.5. The van der Waals surface area contributed by atoms with Crippen molar-refractivity contribution in [3.05, 3.63) is 76.9 Å². The summed E-state index contributed by atoms with van der Waals surface area (Å²) >= 11 is 0. The van der Waals surface area contributed by atoms with Gasteiger partial charge in [0.15, 0.2) is 0 Å². The Kier molecular flexibility index (Phi) is 8.81. The lowest BCUT2D eigenvalue weighted by Crippen LogP contribution is -2.54. The zero-order valence-corrected chi connectivity index (χ0v) is 23.7. The smallest absolute Gasteiger partial charge is 0.244 e. The molecule has 3 N–H and O–H groups in total. The average molecular weight is 543 g/mol. The van der Waals surface area contributed by atoms with E-state index in [0.29, 0.717) is 25.5 Å². The summed E-state index contributed by atoms with van der Waals surface area (Å²) in [5.41, 5.74) is 7.73. The molecule has 1 aliphatic carbocycles. The molecule has 10 nitrogen and oxygen atoms in total. The van der Waals surface area contributed by atoms with E-state index in [1.165, 1.54) is 0 Å². The van der Waals surface area contributed by atoms with Crippen LogP contribution in [-0.4, -0.2) is 90.7 Å². The monoisotopic (exact) mass is 542 g/mol. The summed E-state index contributed by atoms with van der Waals surface area (Å²) in [6, 6.07) is 9.62. The van der Waals surface area contributed by atoms with Gasteiger partial charge in [-0.1, -0.05) is 18.2 Å². The van der Waals surface area contributed by atoms with Gasteiger partial charge in [0.05, 0.1) is 18.0 Å². The van der Waals surface area contributed by atoms with Gasteiger partial charge in [-0.15, -0.1) is 0 Å². The van der Waals surface area contributed by atoms with E-state index in [1.807, 2.05) is 44.4 Å². The number of fused-ring (bicyclic) bond motifs is 1. The minimum absolute atomic E-state index is 0.0343. The van der Waals surface area contributed by atoms with Crippen molar-refractivity contribution < 1.29 is 9.53 Å². The number of benzene rings is 1. The number of nitrogens with one attached hydrogen (secondary N) is 3. The third-order valence-electron chi connectivity index (χ3n) is 7.50. The standard InChI is InChI=1S/C30H38N8O2/c1-20-17-33-30(34-21-10-11-32-22(16-21)18-31-2)36-28(20)25-9-8-24-23(25)6-5-7-26(24)35-29(39)27(19-40-4)38-14-12-37(3)13-15-38/h5-7,9-11,16-17,27,31H,8,12-15,18-19H2,1-4H3,(H,35,39)(H,32,33,34,36)/t27-/m1/s1. The highest BCUT2D eigenvalue weighted by Crippen LogP contribution is 2.37. The van der Waals surface area contributed by atoms with E-state index in [4.69, 9.17) is 9.72 Å². The van der Waals surface area contributed by atoms with Gasteiger partial charge in [-0.25, -0.2) is 9.97 Å². The lowest BCUT2D eigenvalue weighted by molar-refractivity contribution is -0.124. The molecule has 2 aromatic heterocycles. The Morgan fingerprint density at radius 2 is 1.98 bits per heavy atom. The summed E-state index contributed by atoms with van der Waals surface area (Å²) in [5, 5.41) is 9.66. The molecule has 5 rings (SSSR count). The first-order chi connectivity index (χ1) is 19.5. The highest BCUT2D eigenvalue weighted by atomic mass is 16.5. The van der Waals surface area contributed by atoms with E-state index >= 15 is 0 Å². The number of aromatic nitrogens is 3. The van der Waals surface area contributed by atoms with Crippen molar-refractivity contribution in [2.24, 2.45) is 0 Å². The van der Waals surface area contributed by atoms with Gasteiger partial charge < -0.3 is 25.6 Å². The minimum Gasteiger partial charge on any atom is -0.383 e. The fourth-order valence-corrected chi connectivity index (χ4v) is 5.31. The summed E-state index contributed by atoms with van der Waals surface area (Å²) in [4.78, 5) is 31.8. The molecule has 0 unspecified atom stereocenters. The predicted molar refractivity (Wildman–Crippen MR) is 158 cm³/mol. The molecule has 0 saturated carbocycles. The van der Waals surface area contributed by atoms with Crippen molar-refractivity contribution in [2.45, 2.75) is 25.9 Å². The van der Waals surface area contributed by atoms with E-state index in [-0.39, 0.29) is 11.9 Å².